The van der Waals surface area contributed by atoms with Gasteiger partial charge in [-0.25, -0.2) is 0 Å². The molecule has 1 unspecified atom stereocenters. The van der Waals surface area contributed by atoms with E-state index in [0.29, 0.717) is 39.6 Å². The van der Waals surface area contributed by atoms with E-state index in [9.17, 15) is 4.79 Å². The van der Waals surface area contributed by atoms with Crippen molar-refractivity contribution in [2.75, 3.05) is 27.9 Å². The quantitative estimate of drug-likeness (QED) is 0.595. The van der Waals surface area contributed by atoms with Gasteiger partial charge in [-0.3, -0.25) is 4.79 Å². The van der Waals surface area contributed by atoms with Gasteiger partial charge < -0.3 is 24.3 Å². The zero-order valence-electron chi connectivity index (χ0n) is 16.8. The number of carbonyl (C=O) groups is 1. The first-order valence-corrected chi connectivity index (χ1v) is 9.77. The molecule has 0 heterocycles. The molecule has 2 aromatic carbocycles. The number of carbonyl (C=O) groups excluding carboxylic acids is 1. The molecule has 0 bridgehead atoms. The monoisotopic (exact) mass is 451 g/mol. The third-order valence-electron chi connectivity index (χ3n) is 4.19. The molecule has 28 heavy (non-hydrogen) atoms. The Balaban J connectivity index is 2.26. The SMILES string of the molecule is CCCOc1c(Br)cc(C(=O)NC(C)c2cc(OC)ccc2OC)cc1OC. The molecular formula is C21H26BrNO5. The van der Waals surface area contributed by atoms with Crippen molar-refractivity contribution in [3.05, 3.63) is 45.9 Å². The second-order valence-corrected chi connectivity index (χ2v) is 7.00. The highest BCUT2D eigenvalue weighted by molar-refractivity contribution is 9.10. The summed E-state index contributed by atoms with van der Waals surface area (Å²) >= 11 is 3.47. The van der Waals surface area contributed by atoms with E-state index in [1.54, 1.807) is 33.5 Å². The van der Waals surface area contributed by atoms with Crippen LogP contribution in [-0.4, -0.2) is 33.8 Å². The molecule has 0 aliphatic rings. The van der Waals surface area contributed by atoms with Crippen LogP contribution in [0.5, 0.6) is 23.0 Å². The molecule has 0 radical (unpaired) electrons. The highest BCUT2D eigenvalue weighted by Crippen LogP contribution is 2.37. The minimum absolute atomic E-state index is 0.238. The van der Waals surface area contributed by atoms with Crippen LogP contribution in [0.15, 0.2) is 34.8 Å². The minimum atomic E-state index is -0.293. The number of halogens is 1. The number of methoxy groups -OCH3 is 3. The van der Waals surface area contributed by atoms with Crippen LogP contribution in [0.4, 0.5) is 0 Å². The molecule has 0 fully saturated rings. The fraction of sp³-hybridized carbons (Fsp3) is 0.381. The van der Waals surface area contributed by atoms with Crippen LogP contribution < -0.4 is 24.3 Å². The summed E-state index contributed by atoms with van der Waals surface area (Å²) in [7, 11) is 4.74. The van der Waals surface area contributed by atoms with Crippen molar-refractivity contribution in [2.45, 2.75) is 26.3 Å². The predicted molar refractivity (Wildman–Crippen MR) is 112 cm³/mol. The van der Waals surface area contributed by atoms with E-state index in [2.05, 4.69) is 21.2 Å². The summed E-state index contributed by atoms with van der Waals surface area (Å²) in [6.45, 7) is 4.48. The van der Waals surface area contributed by atoms with E-state index in [1.165, 1.54) is 0 Å². The smallest absolute Gasteiger partial charge is 0.251 e. The molecule has 1 atom stereocenters. The summed E-state index contributed by atoms with van der Waals surface area (Å²) in [5.74, 6) is 2.22. The second-order valence-electron chi connectivity index (χ2n) is 6.14. The predicted octanol–water partition coefficient (Wildman–Crippen LogP) is 4.75. The molecule has 2 aromatic rings. The molecule has 1 N–H and O–H groups in total. The van der Waals surface area contributed by atoms with Gasteiger partial charge in [0.25, 0.3) is 5.91 Å². The molecule has 0 aliphatic heterocycles. The fourth-order valence-electron chi connectivity index (χ4n) is 2.73. The van der Waals surface area contributed by atoms with Crippen molar-refractivity contribution < 1.29 is 23.7 Å². The van der Waals surface area contributed by atoms with E-state index in [1.807, 2.05) is 32.0 Å². The first kappa shape index (κ1) is 21.9. The number of hydrogen-bond donors (Lipinski definition) is 1. The molecule has 2 rings (SSSR count). The van der Waals surface area contributed by atoms with Crippen LogP contribution in [0.1, 0.15) is 42.2 Å². The van der Waals surface area contributed by atoms with Crippen LogP contribution in [0.25, 0.3) is 0 Å². The molecule has 152 valence electrons. The summed E-state index contributed by atoms with van der Waals surface area (Å²) in [4.78, 5) is 12.8. The summed E-state index contributed by atoms with van der Waals surface area (Å²) in [6.07, 6.45) is 0.873. The lowest BCUT2D eigenvalue weighted by molar-refractivity contribution is 0.0939. The highest BCUT2D eigenvalue weighted by atomic mass is 79.9. The molecular weight excluding hydrogens is 426 g/mol. The van der Waals surface area contributed by atoms with E-state index in [-0.39, 0.29) is 11.9 Å². The van der Waals surface area contributed by atoms with Gasteiger partial charge in [-0.1, -0.05) is 6.92 Å². The lowest BCUT2D eigenvalue weighted by atomic mass is 10.1. The Labute approximate surface area is 174 Å². The Hall–Kier alpha value is -2.41. The van der Waals surface area contributed by atoms with Gasteiger partial charge in [-0.15, -0.1) is 0 Å². The number of nitrogens with one attached hydrogen (secondary N) is 1. The van der Waals surface area contributed by atoms with Gasteiger partial charge in [-0.2, -0.15) is 0 Å². The standard InChI is InChI=1S/C21H26BrNO5/c1-6-9-28-20-17(22)10-14(11-19(20)27-5)21(24)23-13(2)16-12-15(25-3)7-8-18(16)26-4/h7-8,10-13H,6,9H2,1-5H3,(H,23,24). The zero-order chi connectivity index (χ0) is 20.7. The average Bonchev–Trinajstić information content (AvgIpc) is 2.71. The maximum absolute atomic E-state index is 12.8. The van der Waals surface area contributed by atoms with Crippen molar-refractivity contribution >= 4 is 21.8 Å². The van der Waals surface area contributed by atoms with Crippen LogP contribution in [0, 0.1) is 0 Å². The van der Waals surface area contributed by atoms with Crippen molar-refractivity contribution in [3.8, 4) is 23.0 Å². The third-order valence-corrected chi connectivity index (χ3v) is 4.78. The number of amides is 1. The second kappa shape index (κ2) is 10.2. The van der Waals surface area contributed by atoms with Gasteiger partial charge in [0.1, 0.15) is 11.5 Å². The molecule has 6 nitrogen and oxygen atoms in total. The molecule has 0 spiro atoms. The van der Waals surface area contributed by atoms with Crippen LogP contribution in [0.3, 0.4) is 0 Å². The zero-order valence-corrected chi connectivity index (χ0v) is 18.4. The summed E-state index contributed by atoms with van der Waals surface area (Å²) in [5, 5.41) is 2.99. The Morgan fingerprint density at radius 3 is 2.39 bits per heavy atom. The van der Waals surface area contributed by atoms with Gasteiger partial charge in [0.05, 0.1) is 38.5 Å². The van der Waals surface area contributed by atoms with E-state index < -0.39 is 0 Å². The number of rotatable bonds is 9. The van der Waals surface area contributed by atoms with Gasteiger partial charge >= 0.3 is 0 Å². The minimum Gasteiger partial charge on any atom is -0.497 e. The van der Waals surface area contributed by atoms with Crippen molar-refractivity contribution in [1.29, 1.82) is 0 Å². The molecule has 0 aromatic heterocycles. The maximum Gasteiger partial charge on any atom is 0.251 e. The number of ether oxygens (including phenoxy) is 4. The largest absolute Gasteiger partial charge is 0.497 e. The van der Waals surface area contributed by atoms with Gasteiger partial charge in [-0.05, 0) is 59.6 Å². The topological polar surface area (TPSA) is 66.0 Å². The lowest BCUT2D eigenvalue weighted by Gasteiger charge is -2.19. The van der Waals surface area contributed by atoms with Crippen molar-refractivity contribution in [2.24, 2.45) is 0 Å². The van der Waals surface area contributed by atoms with E-state index in [0.717, 1.165) is 12.0 Å². The van der Waals surface area contributed by atoms with Gasteiger partial charge in [0.2, 0.25) is 0 Å². The summed E-state index contributed by atoms with van der Waals surface area (Å²) in [6, 6.07) is 8.57. The van der Waals surface area contributed by atoms with Crippen molar-refractivity contribution in [1.82, 2.24) is 5.32 Å². The Morgan fingerprint density at radius 1 is 1.07 bits per heavy atom. The summed E-state index contributed by atoms with van der Waals surface area (Å²) < 4.78 is 22.5. The molecule has 0 aliphatic carbocycles. The van der Waals surface area contributed by atoms with E-state index in [4.69, 9.17) is 18.9 Å². The molecule has 7 heteroatoms. The Kier molecular flexibility index (Phi) is 7.99. The van der Waals surface area contributed by atoms with E-state index >= 15 is 0 Å². The number of benzene rings is 2. The Bertz CT molecular complexity index is 825. The third kappa shape index (κ3) is 5.10. The first-order valence-electron chi connectivity index (χ1n) is 8.98. The fourth-order valence-corrected chi connectivity index (χ4v) is 3.29. The van der Waals surface area contributed by atoms with Crippen LogP contribution in [-0.2, 0) is 0 Å². The maximum atomic E-state index is 12.8. The van der Waals surface area contributed by atoms with Crippen LogP contribution >= 0.6 is 15.9 Å². The molecule has 0 saturated carbocycles. The molecule has 1 amide bonds. The van der Waals surface area contributed by atoms with Crippen molar-refractivity contribution in [3.63, 3.8) is 0 Å². The average molecular weight is 452 g/mol. The Morgan fingerprint density at radius 2 is 1.79 bits per heavy atom. The normalized spacial score (nSPS) is 11.5. The van der Waals surface area contributed by atoms with Gasteiger partial charge in [0, 0.05) is 11.1 Å². The lowest BCUT2D eigenvalue weighted by Crippen LogP contribution is -2.27. The molecule has 0 saturated heterocycles. The summed E-state index contributed by atoms with van der Waals surface area (Å²) in [5.41, 5.74) is 1.28. The van der Waals surface area contributed by atoms with Crippen LogP contribution in [0.2, 0.25) is 0 Å². The van der Waals surface area contributed by atoms with Gasteiger partial charge in [0.15, 0.2) is 11.5 Å². The number of hydrogen-bond acceptors (Lipinski definition) is 5. The first-order chi connectivity index (χ1) is 13.4. The highest BCUT2D eigenvalue weighted by Gasteiger charge is 2.19.